The van der Waals surface area contributed by atoms with Crippen LogP contribution in [0.1, 0.15) is 15.9 Å². The van der Waals surface area contributed by atoms with E-state index >= 15 is 0 Å². The van der Waals surface area contributed by atoms with Gasteiger partial charge >= 0.3 is 5.97 Å². The molecule has 0 aromatic heterocycles. The largest absolute Gasteiger partial charge is 0.457 e. The lowest BCUT2D eigenvalue weighted by molar-refractivity contribution is -0.141. The van der Waals surface area contributed by atoms with Gasteiger partial charge in [-0.25, -0.2) is 0 Å². The maximum atomic E-state index is 11.9. The van der Waals surface area contributed by atoms with Crippen molar-refractivity contribution < 1.29 is 14.3 Å². The van der Waals surface area contributed by atoms with Crippen LogP contribution in [-0.4, -0.2) is 18.4 Å². The summed E-state index contributed by atoms with van der Waals surface area (Å²) >= 11 is 9.13. The van der Waals surface area contributed by atoms with Crippen molar-refractivity contribution in [3.05, 3.63) is 69.2 Å². The van der Waals surface area contributed by atoms with Crippen molar-refractivity contribution in [2.45, 2.75) is 6.42 Å². The Morgan fingerprint density at radius 3 is 2.48 bits per heavy atom. The predicted octanol–water partition coefficient (Wildman–Crippen LogP) is 4.07. The van der Waals surface area contributed by atoms with E-state index in [1.165, 1.54) is 0 Å². The van der Waals surface area contributed by atoms with E-state index in [2.05, 4.69) is 15.9 Å². The second kappa shape index (κ2) is 7.38. The molecule has 0 heterocycles. The van der Waals surface area contributed by atoms with E-state index in [-0.39, 0.29) is 18.8 Å². The number of benzene rings is 2. The number of rotatable bonds is 5. The number of hydrogen-bond donors (Lipinski definition) is 0. The van der Waals surface area contributed by atoms with Gasteiger partial charge in [-0.2, -0.15) is 0 Å². The van der Waals surface area contributed by atoms with E-state index in [1.54, 1.807) is 48.5 Å². The van der Waals surface area contributed by atoms with Crippen molar-refractivity contribution in [3.8, 4) is 0 Å². The highest BCUT2D eigenvalue weighted by molar-refractivity contribution is 9.10. The van der Waals surface area contributed by atoms with E-state index in [1.807, 2.05) is 0 Å². The number of hydrogen-bond acceptors (Lipinski definition) is 3. The third kappa shape index (κ3) is 4.99. The third-order valence-corrected chi connectivity index (χ3v) is 3.53. The molecule has 108 valence electrons. The van der Waals surface area contributed by atoms with E-state index in [0.717, 1.165) is 10.0 Å². The summed E-state index contributed by atoms with van der Waals surface area (Å²) < 4.78 is 5.88. The molecule has 2 aromatic carbocycles. The third-order valence-electron chi connectivity index (χ3n) is 2.77. The number of ketones is 1. The summed E-state index contributed by atoms with van der Waals surface area (Å²) in [6, 6.07) is 13.9. The fourth-order valence-corrected chi connectivity index (χ4v) is 2.21. The van der Waals surface area contributed by atoms with Crippen LogP contribution in [0, 0.1) is 0 Å². The highest BCUT2D eigenvalue weighted by atomic mass is 79.9. The minimum atomic E-state index is -0.456. The average Bonchev–Trinajstić information content (AvgIpc) is 2.45. The van der Waals surface area contributed by atoms with Gasteiger partial charge in [0.2, 0.25) is 0 Å². The lowest BCUT2D eigenvalue weighted by Crippen LogP contribution is -2.15. The Balaban J connectivity index is 1.86. The van der Waals surface area contributed by atoms with E-state index in [4.69, 9.17) is 16.3 Å². The summed E-state index contributed by atoms with van der Waals surface area (Å²) in [5.74, 6) is -0.690. The van der Waals surface area contributed by atoms with Gasteiger partial charge in [0.15, 0.2) is 12.4 Å². The molecular formula is C16H12BrClO3. The zero-order valence-electron chi connectivity index (χ0n) is 11.0. The topological polar surface area (TPSA) is 43.4 Å². The Bertz CT molecular complexity index is 653. The van der Waals surface area contributed by atoms with Crippen LogP contribution in [0.3, 0.4) is 0 Å². The number of halogens is 2. The SMILES string of the molecule is O=C(Cc1cccc(Cl)c1)OCC(=O)c1ccc(Br)cc1. The van der Waals surface area contributed by atoms with Crippen molar-refractivity contribution in [1.82, 2.24) is 0 Å². The Labute approximate surface area is 136 Å². The minimum Gasteiger partial charge on any atom is -0.457 e. The van der Waals surface area contributed by atoms with Gasteiger partial charge in [-0.15, -0.1) is 0 Å². The normalized spacial score (nSPS) is 10.2. The molecule has 0 saturated carbocycles. The first kappa shape index (κ1) is 15.7. The van der Waals surface area contributed by atoms with Crippen molar-refractivity contribution in [3.63, 3.8) is 0 Å². The van der Waals surface area contributed by atoms with Crippen LogP contribution in [-0.2, 0) is 16.0 Å². The van der Waals surface area contributed by atoms with Crippen LogP contribution < -0.4 is 0 Å². The van der Waals surface area contributed by atoms with Crippen LogP contribution >= 0.6 is 27.5 Å². The quantitative estimate of drug-likeness (QED) is 0.591. The molecule has 5 heteroatoms. The van der Waals surface area contributed by atoms with Crippen molar-refractivity contribution in [1.29, 1.82) is 0 Å². The van der Waals surface area contributed by atoms with Crippen LogP contribution in [0.15, 0.2) is 53.0 Å². The predicted molar refractivity (Wildman–Crippen MR) is 84.6 cm³/mol. The van der Waals surface area contributed by atoms with E-state index < -0.39 is 5.97 Å². The zero-order chi connectivity index (χ0) is 15.2. The molecule has 2 rings (SSSR count). The van der Waals surface area contributed by atoms with Gasteiger partial charge in [-0.05, 0) is 29.8 Å². The molecule has 0 atom stereocenters. The average molecular weight is 368 g/mol. The fourth-order valence-electron chi connectivity index (χ4n) is 1.73. The first-order chi connectivity index (χ1) is 10.0. The molecule has 0 bridgehead atoms. The number of Topliss-reactive ketones (excluding diaryl/α,β-unsaturated/α-hetero) is 1. The number of carbonyl (C=O) groups excluding carboxylic acids is 2. The Morgan fingerprint density at radius 2 is 1.81 bits per heavy atom. The maximum absolute atomic E-state index is 11.9. The molecule has 3 nitrogen and oxygen atoms in total. The summed E-state index contributed by atoms with van der Waals surface area (Å²) in [7, 11) is 0. The number of carbonyl (C=O) groups is 2. The highest BCUT2D eigenvalue weighted by Gasteiger charge is 2.10. The monoisotopic (exact) mass is 366 g/mol. The van der Waals surface area contributed by atoms with Gasteiger partial charge in [-0.1, -0.05) is 51.8 Å². The van der Waals surface area contributed by atoms with Gasteiger partial charge < -0.3 is 4.74 Å². The Morgan fingerprint density at radius 1 is 1.10 bits per heavy atom. The zero-order valence-corrected chi connectivity index (χ0v) is 13.4. The van der Waals surface area contributed by atoms with Gasteiger partial charge in [0, 0.05) is 15.1 Å². The molecule has 0 unspecified atom stereocenters. The van der Waals surface area contributed by atoms with E-state index in [9.17, 15) is 9.59 Å². The molecular weight excluding hydrogens is 356 g/mol. The van der Waals surface area contributed by atoms with Crippen LogP contribution in [0.5, 0.6) is 0 Å². The van der Waals surface area contributed by atoms with Crippen LogP contribution in [0.4, 0.5) is 0 Å². The summed E-state index contributed by atoms with van der Waals surface area (Å²) in [5, 5.41) is 0.561. The van der Waals surface area contributed by atoms with Gasteiger partial charge in [0.25, 0.3) is 0 Å². The Hall–Kier alpha value is -1.65. The molecule has 0 saturated heterocycles. The van der Waals surface area contributed by atoms with E-state index in [0.29, 0.717) is 10.6 Å². The minimum absolute atomic E-state index is 0.0914. The van der Waals surface area contributed by atoms with Gasteiger partial charge in [0.1, 0.15) is 0 Å². The van der Waals surface area contributed by atoms with Crippen LogP contribution in [0.2, 0.25) is 5.02 Å². The molecule has 0 radical (unpaired) electrons. The summed E-state index contributed by atoms with van der Waals surface area (Å²) in [4.78, 5) is 23.5. The molecule has 0 N–H and O–H groups in total. The molecule has 0 aliphatic carbocycles. The molecule has 0 spiro atoms. The van der Waals surface area contributed by atoms with Crippen molar-refractivity contribution >= 4 is 39.3 Å². The Kier molecular flexibility index (Phi) is 5.53. The molecule has 21 heavy (non-hydrogen) atoms. The standard InChI is InChI=1S/C16H12BrClO3/c17-13-6-4-12(5-7-13)15(19)10-21-16(20)9-11-2-1-3-14(18)8-11/h1-8H,9-10H2. The highest BCUT2D eigenvalue weighted by Crippen LogP contribution is 2.13. The van der Waals surface area contributed by atoms with Crippen molar-refractivity contribution in [2.24, 2.45) is 0 Å². The first-order valence-corrected chi connectivity index (χ1v) is 7.40. The lowest BCUT2D eigenvalue weighted by Gasteiger charge is -2.05. The molecule has 0 aliphatic rings. The lowest BCUT2D eigenvalue weighted by atomic mass is 10.1. The smallest absolute Gasteiger partial charge is 0.310 e. The number of esters is 1. The van der Waals surface area contributed by atoms with Crippen LogP contribution in [0.25, 0.3) is 0 Å². The summed E-state index contributed by atoms with van der Waals surface area (Å²) in [6.07, 6.45) is 0.0914. The van der Waals surface area contributed by atoms with Crippen molar-refractivity contribution in [2.75, 3.05) is 6.61 Å². The fraction of sp³-hybridized carbons (Fsp3) is 0.125. The molecule has 2 aromatic rings. The first-order valence-electron chi connectivity index (χ1n) is 6.23. The maximum Gasteiger partial charge on any atom is 0.310 e. The van der Waals surface area contributed by atoms with Gasteiger partial charge in [0.05, 0.1) is 6.42 Å². The second-order valence-electron chi connectivity index (χ2n) is 4.40. The number of ether oxygens (including phenoxy) is 1. The molecule has 0 fully saturated rings. The summed E-state index contributed by atoms with van der Waals surface area (Å²) in [5.41, 5.74) is 1.26. The molecule has 0 amide bonds. The van der Waals surface area contributed by atoms with Gasteiger partial charge in [-0.3, -0.25) is 9.59 Å². The summed E-state index contributed by atoms with van der Waals surface area (Å²) in [6.45, 7) is -0.263. The molecule has 0 aliphatic heterocycles. The second-order valence-corrected chi connectivity index (χ2v) is 5.75.